The molecular formula is C42H44O10. The van der Waals surface area contributed by atoms with Gasteiger partial charge < -0.3 is 48.1 Å². The molecule has 10 nitrogen and oxygen atoms in total. The predicted molar refractivity (Wildman–Crippen MR) is 194 cm³/mol. The summed E-state index contributed by atoms with van der Waals surface area (Å²) in [5.41, 5.74) is 1.02. The molecule has 2 aliphatic heterocycles. The summed E-state index contributed by atoms with van der Waals surface area (Å²) in [5, 5.41) is 25.6. The third-order valence-corrected chi connectivity index (χ3v) is 9.41. The van der Waals surface area contributed by atoms with Crippen molar-refractivity contribution in [2.75, 3.05) is 52.9 Å². The van der Waals surface area contributed by atoms with Crippen molar-refractivity contribution in [3.63, 3.8) is 0 Å². The average molecular weight is 709 g/mol. The first kappa shape index (κ1) is 34.5. The Labute approximate surface area is 302 Å². The van der Waals surface area contributed by atoms with Crippen LogP contribution in [-0.2, 0) is 23.7 Å². The Morgan fingerprint density at radius 3 is 2.08 bits per heavy atom. The third kappa shape index (κ3) is 9.25. The molecule has 6 unspecified atom stereocenters. The van der Waals surface area contributed by atoms with Crippen LogP contribution in [0.4, 0.5) is 0 Å². The van der Waals surface area contributed by atoms with E-state index in [1.165, 1.54) is 0 Å². The normalized spacial score (nSPS) is 23.7. The van der Waals surface area contributed by atoms with E-state index in [0.29, 0.717) is 30.5 Å². The fourth-order valence-electron chi connectivity index (χ4n) is 6.34. The Kier molecular flexibility index (Phi) is 10.6. The molecule has 5 aliphatic rings. The molecular weight excluding hydrogens is 664 g/mol. The van der Waals surface area contributed by atoms with E-state index in [0.717, 1.165) is 64.3 Å². The minimum absolute atomic E-state index is 0.0724. The minimum Gasteiger partial charge on any atom is -0.491 e. The number of aliphatic hydroxyl groups is 2. The molecule has 3 aromatic rings. The van der Waals surface area contributed by atoms with Crippen molar-refractivity contribution < 1.29 is 48.1 Å². The quantitative estimate of drug-likeness (QED) is 0.189. The molecule has 2 N–H and O–H groups in total. The van der Waals surface area contributed by atoms with Crippen molar-refractivity contribution in [2.24, 2.45) is 5.92 Å². The fraction of sp³-hybridized carbons (Fsp3) is 0.381. The molecule has 10 heteroatoms. The molecule has 0 radical (unpaired) electrons. The maximum atomic E-state index is 10.7. The second kappa shape index (κ2) is 16.0. The third-order valence-electron chi connectivity index (χ3n) is 9.41. The zero-order valence-corrected chi connectivity index (χ0v) is 28.9. The molecule has 2 saturated heterocycles. The van der Waals surface area contributed by atoms with E-state index in [1.54, 1.807) is 0 Å². The van der Waals surface area contributed by atoms with E-state index in [-0.39, 0.29) is 50.7 Å². The van der Waals surface area contributed by atoms with E-state index in [9.17, 15) is 10.2 Å². The first-order valence-electron chi connectivity index (χ1n) is 18.0. The van der Waals surface area contributed by atoms with Gasteiger partial charge in [0.25, 0.3) is 0 Å². The van der Waals surface area contributed by atoms with Crippen LogP contribution in [0, 0.1) is 5.92 Å². The van der Waals surface area contributed by atoms with Gasteiger partial charge >= 0.3 is 0 Å². The second-order valence-electron chi connectivity index (χ2n) is 13.7. The maximum absolute atomic E-state index is 10.7. The van der Waals surface area contributed by atoms with Crippen LogP contribution >= 0.6 is 0 Å². The van der Waals surface area contributed by atoms with Gasteiger partial charge in [-0.3, -0.25) is 0 Å². The summed E-state index contributed by atoms with van der Waals surface area (Å²) in [6.45, 7) is 3.08. The van der Waals surface area contributed by atoms with Crippen LogP contribution < -0.4 is 24.6 Å². The molecule has 8 rings (SSSR count). The lowest BCUT2D eigenvalue weighted by Gasteiger charge is -2.25. The van der Waals surface area contributed by atoms with E-state index >= 15 is 0 Å². The Bertz CT molecular complexity index is 1990. The van der Waals surface area contributed by atoms with E-state index in [4.69, 9.17) is 37.9 Å². The lowest BCUT2D eigenvalue weighted by molar-refractivity contribution is -0.0143. The summed E-state index contributed by atoms with van der Waals surface area (Å²) in [4.78, 5) is 0. The van der Waals surface area contributed by atoms with Gasteiger partial charge in [0.2, 0.25) is 0 Å². The monoisotopic (exact) mass is 708 g/mol. The molecule has 52 heavy (non-hydrogen) atoms. The first-order valence-corrected chi connectivity index (χ1v) is 18.0. The molecule has 2 fully saturated rings. The van der Waals surface area contributed by atoms with Crippen molar-refractivity contribution in [1.82, 2.24) is 0 Å². The number of aliphatic hydroxyl groups excluding tert-OH is 2. The van der Waals surface area contributed by atoms with Gasteiger partial charge in [-0.05, 0) is 94.8 Å². The van der Waals surface area contributed by atoms with Crippen molar-refractivity contribution in [3.05, 3.63) is 113 Å². The maximum Gasteiger partial charge on any atom is 0.122 e. The molecule has 0 amide bonds. The predicted octanol–water partition coefficient (Wildman–Crippen LogP) is 3.86. The Morgan fingerprint density at radius 2 is 1.31 bits per heavy atom. The van der Waals surface area contributed by atoms with Crippen LogP contribution in [0.15, 0.2) is 102 Å². The lowest BCUT2D eigenvalue weighted by atomic mass is 9.87. The number of hydrogen-bond acceptors (Lipinski definition) is 10. The number of benzene rings is 3. The largest absolute Gasteiger partial charge is 0.491 e. The molecule has 0 saturated carbocycles. The first-order chi connectivity index (χ1) is 25.5. The zero-order chi connectivity index (χ0) is 35.3. The van der Waals surface area contributed by atoms with E-state index in [2.05, 4.69) is 24.3 Å². The van der Waals surface area contributed by atoms with Crippen LogP contribution in [0.5, 0.6) is 17.2 Å². The van der Waals surface area contributed by atoms with Gasteiger partial charge in [0.1, 0.15) is 86.2 Å². The summed E-state index contributed by atoms with van der Waals surface area (Å²) in [6, 6.07) is 17.8. The molecule has 6 atom stereocenters. The van der Waals surface area contributed by atoms with E-state index in [1.807, 2.05) is 72.8 Å². The second-order valence-corrected chi connectivity index (χ2v) is 13.7. The zero-order valence-electron chi connectivity index (χ0n) is 28.9. The summed E-state index contributed by atoms with van der Waals surface area (Å²) in [5.74, 6) is 3.74. The summed E-state index contributed by atoms with van der Waals surface area (Å²) in [7, 11) is 0. The summed E-state index contributed by atoms with van der Waals surface area (Å²) >= 11 is 0. The fourth-order valence-corrected chi connectivity index (χ4v) is 6.34. The Balaban J connectivity index is 0.774. The number of epoxide rings is 2. The SMILES string of the molecule is OC(COC1=C2C=CC(OCC(O)COC3C=c4cc(OCC5CO5)ccc4=CC3)=CC2CC=C1)COc1ccc2ccc(OCC3CO3)cc2c1. The summed E-state index contributed by atoms with van der Waals surface area (Å²) in [6.07, 6.45) is 14.3. The van der Waals surface area contributed by atoms with Crippen LogP contribution in [0.2, 0.25) is 0 Å². The summed E-state index contributed by atoms with van der Waals surface area (Å²) < 4.78 is 46.0. The Morgan fingerprint density at radius 1 is 0.635 bits per heavy atom. The number of ether oxygens (including phenoxy) is 8. The van der Waals surface area contributed by atoms with Gasteiger partial charge in [0, 0.05) is 11.5 Å². The standard InChI is InChI=1S/C42H44O10/c43-32(19-45-34-8-4-27-6-10-36(17-30(27)15-34)48-23-39-25-50-39)20-47-38-12-13-41-29(14-38)2-1-3-42(41)52-22-33(44)21-46-35-9-5-28-7-11-37(18-31(28)16-35)49-24-40-26-51-40/h1,3-7,9-18,29,32-34,39-40,43-44H,2,8,19-26H2. The molecule has 3 aromatic carbocycles. The Hall–Kier alpha value is -4.58. The molecule has 3 aliphatic carbocycles. The highest BCUT2D eigenvalue weighted by Crippen LogP contribution is 2.33. The molecule has 0 aromatic heterocycles. The highest BCUT2D eigenvalue weighted by molar-refractivity contribution is 5.85. The molecule has 272 valence electrons. The van der Waals surface area contributed by atoms with Crippen LogP contribution in [0.3, 0.4) is 0 Å². The van der Waals surface area contributed by atoms with Gasteiger partial charge in [0.15, 0.2) is 0 Å². The van der Waals surface area contributed by atoms with Gasteiger partial charge in [-0.25, -0.2) is 0 Å². The molecule has 0 spiro atoms. The highest BCUT2D eigenvalue weighted by Gasteiger charge is 2.25. The highest BCUT2D eigenvalue weighted by atomic mass is 16.6. The van der Waals surface area contributed by atoms with Crippen molar-refractivity contribution in [2.45, 2.75) is 43.4 Å². The van der Waals surface area contributed by atoms with Crippen LogP contribution in [0.1, 0.15) is 12.8 Å². The van der Waals surface area contributed by atoms with Crippen LogP contribution in [0.25, 0.3) is 22.9 Å². The van der Waals surface area contributed by atoms with Crippen molar-refractivity contribution in [1.29, 1.82) is 0 Å². The van der Waals surface area contributed by atoms with Gasteiger partial charge in [-0.2, -0.15) is 0 Å². The number of hydrogen-bond donors (Lipinski definition) is 2. The van der Waals surface area contributed by atoms with E-state index < -0.39 is 12.2 Å². The average Bonchev–Trinajstić information content (AvgIpc) is 4.12. The molecule has 0 bridgehead atoms. The van der Waals surface area contributed by atoms with Crippen molar-refractivity contribution >= 4 is 22.9 Å². The van der Waals surface area contributed by atoms with Crippen LogP contribution in [-0.4, -0.2) is 93.6 Å². The topological polar surface area (TPSA) is 121 Å². The lowest BCUT2D eigenvalue weighted by Crippen LogP contribution is -2.33. The molecule has 2 heterocycles. The number of fused-ring (bicyclic) bond motifs is 3. The van der Waals surface area contributed by atoms with Gasteiger partial charge in [-0.15, -0.1) is 0 Å². The van der Waals surface area contributed by atoms with Gasteiger partial charge in [0.05, 0.1) is 25.9 Å². The minimum atomic E-state index is -0.825. The smallest absolute Gasteiger partial charge is 0.122 e. The van der Waals surface area contributed by atoms with Crippen molar-refractivity contribution in [3.8, 4) is 17.2 Å². The number of rotatable bonds is 18. The van der Waals surface area contributed by atoms with Gasteiger partial charge in [-0.1, -0.05) is 36.4 Å². The number of allylic oxidation sites excluding steroid dienone is 6.